The van der Waals surface area contributed by atoms with Crippen LogP contribution in [0, 0.1) is 11.3 Å². The Kier molecular flexibility index (Phi) is 4.78. The van der Waals surface area contributed by atoms with Crippen LogP contribution in [-0.4, -0.2) is 37.1 Å². The van der Waals surface area contributed by atoms with Gasteiger partial charge in [-0.05, 0) is 17.8 Å². The summed E-state index contributed by atoms with van der Waals surface area (Å²) in [6.45, 7) is 11.7. The lowest BCUT2D eigenvalue weighted by Crippen LogP contribution is -2.42. The van der Waals surface area contributed by atoms with E-state index in [-0.39, 0.29) is 11.3 Å². The first-order valence-corrected chi connectivity index (χ1v) is 6.26. The van der Waals surface area contributed by atoms with Gasteiger partial charge >= 0.3 is 0 Å². The minimum Gasteiger partial charge on any atom is -0.378 e. The van der Waals surface area contributed by atoms with E-state index < -0.39 is 0 Å². The molecule has 1 saturated heterocycles. The summed E-state index contributed by atoms with van der Waals surface area (Å²) in [6, 6.07) is 0. The molecule has 3 nitrogen and oxygen atoms in total. The summed E-state index contributed by atoms with van der Waals surface area (Å²) in [4.78, 5) is 14.0. The number of nitrogens with zero attached hydrogens (tertiary/aromatic N) is 1. The first-order valence-electron chi connectivity index (χ1n) is 6.26. The Hall–Kier alpha value is -0.570. The van der Waals surface area contributed by atoms with Crippen molar-refractivity contribution in [2.24, 2.45) is 11.3 Å². The zero-order valence-electron chi connectivity index (χ0n) is 11.1. The van der Waals surface area contributed by atoms with Crippen molar-refractivity contribution in [2.75, 3.05) is 26.3 Å². The molecule has 0 N–H and O–H groups in total. The third-order valence-corrected chi connectivity index (χ3v) is 2.95. The normalized spacial score (nSPS) is 17.9. The maximum absolute atomic E-state index is 12.1. The summed E-state index contributed by atoms with van der Waals surface area (Å²) < 4.78 is 5.25. The zero-order chi connectivity index (χ0) is 12.2. The number of amides is 1. The van der Waals surface area contributed by atoms with Gasteiger partial charge in [0.2, 0.25) is 5.91 Å². The standard InChI is InChI=1S/C13H25NO2/c1-11(2)9-13(3,4)10-12(15)14-5-7-16-8-6-14/h11H,5-10H2,1-4H3. The maximum atomic E-state index is 12.1. The van der Waals surface area contributed by atoms with E-state index in [9.17, 15) is 4.79 Å². The molecule has 0 saturated carbocycles. The Balaban J connectivity index is 2.42. The van der Waals surface area contributed by atoms with Crippen LogP contribution in [0.4, 0.5) is 0 Å². The summed E-state index contributed by atoms with van der Waals surface area (Å²) in [6.07, 6.45) is 1.76. The molecule has 0 aromatic heterocycles. The van der Waals surface area contributed by atoms with Gasteiger partial charge in [-0.2, -0.15) is 0 Å². The van der Waals surface area contributed by atoms with Gasteiger partial charge in [0, 0.05) is 19.5 Å². The van der Waals surface area contributed by atoms with E-state index in [0.717, 1.165) is 19.5 Å². The van der Waals surface area contributed by atoms with Crippen LogP contribution in [0.2, 0.25) is 0 Å². The van der Waals surface area contributed by atoms with Gasteiger partial charge in [-0.25, -0.2) is 0 Å². The lowest BCUT2D eigenvalue weighted by molar-refractivity contribution is -0.137. The first kappa shape index (κ1) is 13.5. The number of morpholine rings is 1. The van der Waals surface area contributed by atoms with Crippen LogP contribution in [0.15, 0.2) is 0 Å². The highest BCUT2D eigenvalue weighted by Crippen LogP contribution is 2.29. The van der Waals surface area contributed by atoms with Crippen LogP contribution >= 0.6 is 0 Å². The number of hydrogen-bond donors (Lipinski definition) is 0. The predicted octanol–water partition coefficient (Wildman–Crippen LogP) is 2.31. The molecule has 1 rings (SSSR count). The fourth-order valence-electron chi connectivity index (χ4n) is 2.51. The Bertz CT molecular complexity index is 230. The van der Waals surface area contributed by atoms with Crippen molar-refractivity contribution in [3.05, 3.63) is 0 Å². The molecule has 1 heterocycles. The van der Waals surface area contributed by atoms with Crippen LogP contribution in [0.3, 0.4) is 0 Å². The van der Waals surface area contributed by atoms with Crippen LogP contribution in [0.5, 0.6) is 0 Å². The van der Waals surface area contributed by atoms with Crippen LogP contribution < -0.4 is 0 Å². The minimum atomic E-state index is 0.115. The topological polar surface area (TPSA) is 29.5 Å². The highest BCUT2D eigenvalue weighted by Gasteiger charge is 2.26. The summed E-state index contributed by atoms with van der Waals surface area (Å²) in [5.74, 6) is 0.932. The quantitative estimate of drug-likeness (QED) is 0.737. The molecule has 0 aromatic rings. The van der Waals surface area contributed by atoms with Crippen molar-refractivity contribution in [3.63, 3.8) is 0 Å². The molecular formula is C13H25NO2. The lowest BCUT2D eigenvalue weighted by atomic mass is 9.81. The van der Waals surface area contributed by atoms with E-state index >= 15 is 0 Å². The number of hydrogen-bond acceptors (Lipinski definition) is 2. The zero-order valence-corrected chi connectivity index (χ0v) is 11.1. The second kappa shape index (κ2) is 5.67. The number of carbonyl (C=O) groups is 1. The van der Waals surface area contributed by atoms with Crippen molar-refractivity contribution in [2.45, 2.75) is 40.5 Å². The second-order valence-electron chi connectivity index (χ2n) is 5.93. The van der Waals surface area contributed by atoms with E-state index in [1.807, 2.05) is 4.90 Å². The van der Waals surface area contributed by atoms with Crippen LogP contribution in [0.1, 0.15) is 40.5 Å². The second-order valence-corrected chi connectivity index (χ2v) is 5.93. The highest BCUT2D eigenvalue weighted by molar-refractivity contribution is 5.76. The van der Waals surface area contributed by atoms with Gasteiger partial charge in [0.1, 0.15) is 0 Å². The Labute approximate surface area is 99.1 Å². The molecule has 0 aromatic carbocycles. The average molecular weight is 227 g/mol. The molecule has 0 radical (unpaired) electrons. The molecular weight excluding hydrogens is 202 g/mol. The van der Waals surface area contributed by atoms with Crippen LogP contribution in [0.25, 0.3) is 0 Å². The molecule has 16 heavy (non-hydrogen) atoms. The van der Waals surface area contributed by atoms with E-state index in [1.165, 1.54) is 0 Å². The molecule has 0 atom stereocenters. The summed E-state index contributed by atoms with van der Waals surface area (Å²) in [5, 5.41) is 0. The highest BCUT2D eigenvalue weighted by atomic mass is 16.5. The summed E-state index contributed by atoms with van der Waals surface area (Å²) in [5.41, 5.74) is 0.115. The van der Waals surface area contributed by atoms with E-state index in [0.29, 0.717) is 25.6 Å². The van der Waals surface area contributed by atoms with Crippen molar-refractivity contribution in [3.8, 4) is 0 Å². The first-order chi connectivity index (χ1) is 7.41. The monoisotopic (exact) mass is 227 g/mol. The Morgan fingerprint density at radius 1 is 1.31 bits per heavy atom. The van der Waals surface area contributed by atoms with Crippen molar-refractivity contribution >= 4 is 5.91 Å². The van der Waals surface area contributed by atoms with Gasteiger partial charge in [0.25, 0.3) is 0 Å². The molecule has 1 aliphatic rings. The Morgan fingerprint density at radius 3 is 2.38 bits per heavy atom. The van der Waals surface area contributed by atoms with E-state index in [4.69, 9.17) is 4.74 Å². The average Bonchev–Trinajstić information content (AvgIpc) is 2.16. The molecule has 0 spiro atoms. The smallest absolute Gasteiger partial charge is 0.223 e. The third kappa shape index (κ3) is 4.52. The van der Waals surface area contributed by atoms with Gasteiger partial charge < -0.3 is 9.64 Å². The van der Waals surface area contributed by atoms with Gasteiger partial charge in [0.05, 0.1) is 13.2 Å². The molecule has 3 heteroatoms. The van der Waals surface area contributed by atoms with Gasteiger partial charge in [-0.3, -0.25) is 4.79 Å². The SMILES string of the molecule is CC(C)CC(C)(C)CC(=O)N1CCOCC1. The summed E-state index contributed by atoms with van der Waals surface area (Å²) in [7, 11) is 0. The van der Waals surface area contributed by atoms with Crippen molar-refractivity contribution in [1.29, 1.82) is 0 Å². The number of carbonyl (C=O) groups excluding carboxylic acids is 1. The van der Waals surface area contributed by atoms with Gasteiger partial charge in [-0.15, -0.1) is 0 Å². The molecule has 0 unspecified atom stereocenters. The third-order valence-electron chi connectivity index (χ3n) is 2.95. The molecule has 1 aliphatic heterocycles. The van der Waals surface area contributed by atoms with Crippen molar-refractivity contribution in [1.82, 2.24) is 4.90 Å². The van der Waals surface area contributed by atoms with Gasteiger partial charge in [-0.1, -0.05) is 27.7 Å². The largest absolute Gasteiger partial charge is 0.378 e. The van der Waals surface area contributed by atoms with E-state index in [2.05, 4.69) is 27.7 Å². The number of rotatable bonds is 4. The van der Waals surface area contributed by atoms with Gasteiger partial charge in [0.15, 0.2) is 0 Å². The predicted molar refractivity (Wildman–Crippen MR) is 65.3 cm³/mol. The molecule has 0 aliphatic carbocycles. The lowest BCUT2D eigenvalue weighted by Gasteiger charge is -2.32. The molecule has 0 bridgehead atoms. The fraction of sp³-hybridized carbons (Fsp3) is 0.923. The summed E-state index contributed by atoms with van der Waals surface area (Å²) >= 11 is 0. The number of ether oxygens (including phenoxy) is 1. The molecule has 94 valence electrons. The minimum absolute atomic E-state index is 0.115. The van der Waals surface area contributed by atoms with E-state index in [1.54, 1.807) is 0 Å². The maximum Gasteiger partial charge on any atom is 0.223 e. The molecule has 1 amide bonds. The molecule has 1 fully saturated rings. The fourth-order valence-corrected chi connectivity index (χ4v) is 2.51. The Morgan fingerprint density at radius 2 is 1.88 bits per heavy atom. The van der Waals surface area contributed by atoms with Crippen molar-refractivity contribution < 1.29 is 9.53 Å². The van der Waals surface area contributed by atoms with Crippen LogP contribution in [-0.2, 0) is 9.53 Å².